The van der Waals surface area contributed by atoms with Crippen molar-refractivity contribution in [1.29, 1.82) is 0 Å². The molecule has 94 valence electrons. The van der Waals surface area contributed by atoms with Gasteiger partial charge >= 0.3 is 6.03 Å². The summed E-state index contributed by atoms with van der Waals surface area (Å²) in [5, 5.41) is 14.4. The molecule has 0 bridgehead atoms. The lowest BCUT2D eigenvalue weighted by Gasteiger charge is -2.21. The monoisotopic (exact) mass is 304 g/mol. The van der Waals surface area contributed by atoms with Crippen molar-refractivity contribution in [2.24, 2.45) is 0 Å². The van der Waals surface area contributed by atoms with Gasteiger partial charge in [-0.3, -0.25) is 0 Å². The average Bonchev–Trinajstić information content (AvgIpc) is 2.10. The maximum Gasteiger partial charge on any atom is 0.319 e. The highest BCUT2D eigenvalue weighted by molar-refractivity contribution is 9.10. The number of amides is 2. The number of hydrogen-bond donors (Lipinski definition) is 3. The van der Waals surface area contributed by atoms with E-state index in [2.05, 4.69) is 26.6 Å². The Morgan fingerprint density at radius 3 is 2.53 bits per heavy atom. The van der Waals surface area contributed by atoms with Gasteiger partial charge in [-0.15, -0.1) is 0 Å². The van der Waals surface area contributed by atoms with Crippen LogP contribution in [0.3, 0.4) is 0 Å². The number of phenols is 1. The van der Waals surface area contributed by atoms with Gasteiger partial charge in [0.2, 0.25) is 0 Å². The fraction of sp³-hybridized carbons (Fsp3) is 0.364. The van der Waals surface area contributed by atoms with Crippen molar-refractivity contribution in [3.63, 3.8) is 0 Å². The van der Waals surface area contributed by atoms with Crippen molar-refractivity contribution < 1.29 is 14.3 Å². The Bertz CT molecular complexity index is 444. The van der Waals surface area contributed by atoms with Crippen LogP contribution in [0, 0.1) is 5.82 Å². The highest BCUT2D eigenvalue weighted by Gasteiger charge is 2.16. The second kappa shape index (κ2) is 4.91. The third kappa shape index (κ3) is 4.22. The van der Waals surface area contributed by atoms with E-state index in [1.165, 1.54) is 6.07 Å². The van der Waals surface area contributed by atoms with Gasteiger partial charge in [0.15, 0.2) is 11.6 Å². The first kappa shape index (κ1) is 13.8. The summed E-state index contributed by atoms with van der Waals surface area (Å²) in [6.45, 7) is 5.44. The summed E-state index contributed by atoms with van der Waals surface area (Å²) >= 11 is 3.08. The minimum absolute atomic E-state index is 0.0126. The van der Waals surface area contributed by atoms with E-state index < -0.39 is 23.1 Å². The molecule has 0 aliphatic rings. The smallest absolute Gasteiger partial charge is 0.319 e. The molecule has 17 heavy (non-hydrogen) atoms. The van der Waals surface area contributed by atoms with Crippen molar-refractivity contribution in [1.82, 2.24) is 5.32 Å². The first-order valence-corrected chi connectivity index (χ1v) is 5.75. The summed E-state index contributed by atoms with van der Waals surface area (Å²) in [7, 11) is 0. The average molecular weight is 305 g/mol. The molecule has 2 amide bonds. The summed E-state index contributed by atoms with van der Waals surface area (Å²) in [5.41, 5.74) is -0.400. The lowest BCUT2D eigenvalue weighted by molar-refractivity contribution is 0.243. The second-order valence-corrected chi connectivity index (χ2v) is 5.53. The fourth-order valence-corrected chi connectivity index (χ4v) is 1.59. The molecule has 4 nitrogen and oxygen atoms in total. The molecular weight excluding hydrogens is 291 g/mol. The lowest BCUT2D eigenvalue weighted by Crippen LogP contribution is -2.43. The van der Waals surface area contributed by atoms with E-state index >= 15 is 0 Å². The van der Waals surface area contributed by atoms with Gasteiger partial charge < -0.3 is 15.7 Å². The van der Waals surface area contributed by atoms with Crippen LogP contribution in [-0.4, -0.2) is 16.7 Å². The maximum atomic E-state index is 13.2. The van der Waals surface area contributed by atoms with Crippen LogP contribution in [0.5, 0.6) is 5.75 Å². The van der Waals surface area contributed by atoms with Crippen molar-refractivity contribution in [3.8, 4) is 5.75 Å². The molecule has 6 heteroatoms. The standard InChI is InChI=1S/C11H14BrFN2O2/c1-11(2,3)15-10(17)14-8-5-6(12)4-7(13)9(8)16/h4-5,16H,1-3H3,(H2,14,15,17). The minimum atomic E-state index is -0.801. The van der Waals surface area contributed by atoms with Crippen molar-refractivity contribution in [3.05, 3.63) is 22.4 Å². The van der Waals surface area contributed by atoms with Gasteiger partial charge in [-0.25, -0.2) is 9.18 Å². The van der Waals surface area contributed by atoms with Gasteiger partial charge in [0, 0.05) is 10.0 Å². The topological polar surface area (TPSA) is 61.4 Å². The van der Waals surface area contributed by atoms with E-state index in [1.807, 2.05) is 20.8 Å². The van der Waals surface area contributed by atoms with Crippen LogP contribution in [0.4, 0.5) is 14.9 Å². The quantitative estimate of drug-likeness (QED) is 0.698. The molecule has 0 fully saturated rings. The van der Waals surface area contributed by atoms with Crippen LogP contribution in [0.25, 0.3) is 0 Å². The molecule has 0 heterocycles. The largest absolute Gasteiger partial charge is 0.503 e. The van der Waals surface area contributed by atoms with Crippen molar-refractivity contribution >= 4 is 27.6 Å². The van der Waals surface area contributed by atoms with Crippen LogP contribution in [0.2, 0.25) is 0 Å². The fourth-order valence-electron chi connectivity index (χ4n) is 1.16. The molecule has 0 saturated heterocycles. The summed E-state index contributed by atoms with van der Waals surface area (Å²) in [6.07, 6.45) is 0. The Balaban J connectivity index is 2.85. The van der Waals surface area contributed by atoms with Gasteiger partial charge in [-0.05, 0) is 32.9 Å². The number of carbonyl (C=O) groups excluding carboxylic acids is 1. The molecule has 0 spiro atoms. The molecule has 0 saturated carbocycles. The Morgan fingerprint density at radius 1 is 1.41 bits per heavy atom. The van der Waals surface area contributed by atoms with Gasteiger partial charge in [-0.1, -0.05) is 15.9 Å². The molecule has 3 N–H and O–H groups in total. The van der Waals surface area contributed by atoms with Gasteiger partial charge in [0.25, 0.3) is 0 Å². The van der Waals surface area contributed by atoms with Crippen LogP contribution >= 0.6 is 15.9 Å². The van der Waals surface area contributed by atoms with Crippen molar-refractivity contribution in [2.45, 2.75) is 26.3 Å². The number of phenolic OH excluding ortho intramolecular Hbond substituents is 1. The molecule has 0 aliphatic heterocycles. The molecule has 1 rings (SSSR count). The number of benzene rings is 1. The van der Waals surface area contributed by atoms with Gasteiger partial charge in [0.05, 0.1) is 5.69 Å². The van der Waals surface area contributed by atoms with E-state index in [0.29, 0.717) is 4.47 Å². The number of anilines is 1. The van der Waals surface area contributed by atoms with E-state index in [9.17, 15) is 14.3 Å². The molecule has 0 unspecified atom stereocenters. The summed E-state index contributed by atoms with van der Waals surface area (Å²) < 4.78 is 13.6. The predicted molar refractivity (Wildman–Crippen MR) is 67.7 cm³/mol. The molecule has 1 aromatic carbocycles. The molecule has 0 aliphatic carbocycles. The van der Waals surface area contributed by atoms with Crippen LogP contribution in [0.1, 0.15) is 20.8 Å². The Morgan fingerprint density at radius 2 is 2.00 bits per heavy atom. The summed E-state index contributed by atoms with van der Waals surface area (Å²) in [4.78, 5) is 11.5. The Hall–Kier alpha value is -1.30. The van der Waals surface area contributed by atoms with Crippen LogP contribution < -0.4 is 10.6 Å². The zero-order chi connectivity index (χ0) is 13.2. The number of rotatable bonds is 1. The predicted octanol–water partition coefficient (Wildman–Crippen LogP) is 3.21. The van der Waals surface area contributed by atoms with Crippen LogP contribution in [-0.2, 0) is 0 Å². The molecule has 0 aromatic heterocycles. The minimum Gasteiger partial charge on any atom is -0.503 e. The summed E-state index contributed by atoms with van der Waals surface area (Å²) in [5.74, 6) is -1.39. The SMILES string of the molecule is CC(C)(C)NC(=O)Nc1cc(Br)cc(F)c1O. The van der Waals surface area contributed by atoms with Crippen molar-refractivity contribution in [2.75, 3.05) is 5.32 Å². The number of hydrogen-bond acceptors (Lipinski definition) is 2. The number of urea groups is 1. The second-order valence-electron chi connectivity index (χ2n) is 4.61. The van der Waals surface area contributed by atoms with E-state index in [1.54, 1.807) is 0 Å². The van der Waals surface area contributed by atoms with Gasteiger partial charge in [0.1, 0.15) is 0 Å². The van der Waals surface area contributed by atoms with E-state index in [0.717, 1.165) is 6.07 Å². The third-order valence-corrected chi connectivity index (χ3v) is 2.22. The lowest BCUT2D eigenvalue weighted by atomic mass is 10.1. The molecule has 0 radical (unpaired) electrons. The highest BCUT2D eigenvalue weighted by atomic mass is 79.9. The first-order valence-electron chi connectivity index (χ1n) is 4.96. The Labute approximate surface area is 107 Å². The number of carbonyl (C=O) groups is 1. The zero-order valence-electron chi connectivity index (χ0n) is 9.77. The number of halogens is 2. The van der Waals surface area contributed by atoms with Crippen LogP contribution in [0.15, 0.2) is 16.6 Å². The van der Waals surface area contributed by atoms with E-state index in [4.69, 9.17) is 0 Å². The maximum absolute atomic E-state index is 13.2. The van der Waals surface area contributed by atoms with E-state index in [-0.39, 0.29) is 5.69 Å². The third-order valence-electron chi connectivity index (χ3n) is 1.76. The Kier molecular flexibility index (Phi) is 3.98. The number of aromatic hydroxyl groups is 1. The highest BCUT2D eigenvalue weighted by Crippen LogP contribution is 2.30. The molecule has 0 atom stereocenters. The molecular formula is C11H14BrFN2O2. The normalized spacial score (nSPS) is 11.1. The van der Waals surface area contributed by atoms with Gasteiger partial charge in [-0.2, -0.15) is 0 Å². The molecule has 1 aromatic rings. The number of nitrogens with one attached hydrogen (secondary N) is 2. The summed E-state index contributed by atoms with van der Waals surface area (Å²) in [6, 6.07) is 2.02. The zero-order valence-corrected chi connectivity index (χ0v) is 11.4. The first-order chi connectivity index (χ1) is 7.69.